The Hall–Kier alpha value is -2.89. The molecule has 6 heteroatoms. The van der Waals surface area contributed by atoms with Crippen LogP contribution in [-0.4, -0.2) is 34.6 Å². The van der Waals surface area contributed by atoms with Crippen LogP contribution in [0.5, 0.6) is 5.75 Å². The van der Waals surface area contributed by atoms with Crippen LogP contribution in [-0.2, 0) is 4.79 Å². The number of carboxylic acids is 1. The van der Waals surface area contributed by atoms with Crippen molar-refractivity contribution < 1.29 is 19.4 Å². The van der Waals surface area contributed by atoms with Gasteiger partial charge in [-0.15, -0.1) is 0 Å². The summed E-state index contributed by atoms with van der Waals surface area (Å²) in [6.07, 6.45) is 4.86. The van der Waals surface area contributed by atoms with Gasteiger partial charge in [-0.3, -0.25) is 14.6 Å². The number of amides is 1. The van der Waals surface area contributed by atoms with Gasteiger partial charge in [0.1, 0.15) is 5.75 Å². The second kappa shape index (κ2) is 7.56. The van der Waals surface area contributed by atoms with Gasteiger partial charge in [0, 0.05) is 17.3 Å². The molecule has 136 valence electrons. The molecule has 2 N–H and O–H groups in total. The van der Waals surface area contributed by atoms with E-state index in [1.165, 1.54) is 0 Å². The van der Waals surface area contributed by atoms with E-state index in [0.717, 1.165) is 18.4 Å². The lowest BCUT2D eigenvalue weighted by atomic mass is 9.92. The quantitative estimate of drug-likeness (QED) is 0.831. The molecule has 1 saturated carbocycles. The lowest BCUT2D eigenvalue weighted by Gasteiger charge is -2.28. The van der Waals surface area contributed by atoms with E-state index in [0.29, 0.717) is 29.8 Å². The minimum atomic E-state index is -0.892. The largest absolute Gasteiger partial charge is 0.496 e. The Bertz CT molecular complexity index is 799. The fraction of sp³-hybridized carbons (Fsp3) is 0.350. The van der Waals surface area contributed by atoms with Gasteiger partial charge in [0.15, 0.2) is 0 Å². The first-order valence-electron chi connectivity index (χ1n) is 8.67. The minimum absolute atomic E-state index is 0.0536. The van der Waals surface area contributed by atoms with Gasteiger partial charge >= 0.3 is 5.97 Å². The molecular weight excluding hydrogens is 332 g/mol. The van der Waals surface area contributed by atoms with Crippen molar-refractivity contribution in [3.63, 3.8) is 0 Å². The number of ether oxygens (including phenoxy) is 1. The molecule has 0 bridgehead atoms. The van der Waals surface area contributed by atoms with Crippen molar-refractivity contribution in [1.82, 2.24) is 10.3 Å². The highest BCUT2D eigenvalue weighted by atomic mass is 16.5. The van der Waals surface area contributed by atoms with Crippen LogP contribution in [0.4, 0.5) is 0 Å². The van der Waals surface area contributed by atoms with Gasteiger partial charge < -0.3 is 15.2 Å². The van der Waals surface area contributed by atoms with E-state index in [4.69, 9.17) is 4.74 Å². The first-order chi connectivity index (χ1) is 12.5. The van der Waals surface area contributed by atoms with Crippen molar-refractivity contribution >= 4 is 11.9 Å². The van der Waals surface area contributed by atoms with Crippen LogP contribution in [0.25, 0.3) is 11.3 Å². The van der Waals surface area contributed by atoms with Crippen LogP contribution in [0.15, 0.2) is 42.6 Å². The normalized spacial score (nSPS) is 15.4. The number of benzene rings is 1. The van der Waals surface area contributed by atoms with Gasteiger partial charge in [0.25, 0.3) is 5.91 Å². The molecule has 1 aromatic heterocycles. The third-order valence-electron chi connectivity index (χ3n) is 4.83. The van der Waals surface area contributed by atoms with E-state index in [1.807, 2.05) is 18.2 Å². The predicted octanol–water partition coefficient (Wildman–Crippen LogP) is 3.27. The molecule has 0 saturated heterocycles. The van der Waals surface area contributed by atoms with Gasteiger partial charge in [-0.05, 0) is 43.2 Å². The number of carboxylic acid groups (broad SMARTS) is 1. The summed E-state index contributed by atoms with van der Waals surface area (Å²) in [5, 5.41) is 12.2. The van der Waals surface area contributed by atoms with E-state index in [2.05, 4.69) is 10.3 Å². The van der Waals surface area contributed by atoms with Crippen molar-refractivity contribution in [2.24, 2.45) is 0 Å². The lowest BCUT2D eigenvalue weighted by Crippen LogP contribution is -2.47. The summed E-state index contributed by atoms with van der Waals surface area (Å²) in [4.78, 5) is 28.4. The summed E-state index contributed by atoms with van der Waals surface area (Å²) >= 11 is 0. The molecule has 0 radical (unpaired) electrons. The molecule has 2 aromatic rings. The maximum atomic E-state index is 12.8. The third-order valence-corrected chi connectivity index (χ3v) is 4.83. The highest BCUT2D eigenvalue weighted by molar-refractivity contribution is 5.96. The number of rotatable bonds is 6. The monoisotopic (exact) mass is 354 g/mol. The fourth-order valence-electron chi connectivity index (χ4n) is 3.57. The van der Waals surface area contributed by atoms with Crippen LogP contribution in [0.3, 0.4) is 0 Å². The van der Waals surface area contributed by atoms with Crippen LogP contribution < -0.4 is 10.1 Å². The average molecular weight is 354 g/mol. The molecular formula is C20H22N2O4. The van der Waals surface area contributed by atoms with Crippen LogP contribution in [0.1, 0.15) is 42.5 Å². The van der Waals surface area contributed by atoms with Crippen LogP contribution in [0.2, 0.25) is 0 Å². The molecule has 0 aliphatic heterocycles. The average Bonchev–Trinajstić information content (AvgIpc) is 3.09. The Labute approximate surface area is 152 Å². The molecule has 1 fully saturated rings. The van der Waals surface area contributed by atoms with Crippen molar-refractivity contribution in [2.45, 2.75) is 37.6 Å². The summed E-state index contributed by atoms with van der Waals surface area (Å²) in [5.41, 5.74) is 1.23. The zero-order valence-electron chi connectivity index (χ0n) is 14.7. The van der Waals surface area contributed by atoms with Crippen molar-refractivity contribution in [3.8, 4) is 17.0 Å². The number of methoxy groups -OCH3 is 1. The van der Waals surface area contributed by atoms with E-state index in [-0.39, 0.29) is 12.3 Å². The van der Waals surface area contributed by atoms with E-state index in [9.17, 15) is 14.7 Å². The number of hydrogen-bond acceptors (Lipinski definition) is 4. The van der Waals surface area contributed by atoms with E-state index in [1.54, 1.807) is 31.5 Å². The number of nitrogens with zero attached hydrogens (tertiary/aromatic N) is 1. The van der Waals surface area contributed by atoms with Gasteiger partial charge in [-0.2, -0.15) is 0 Å². The molecule has 0 unspecified atom stereocenters. The first kappa shape index (κ1) is 17.9. The number of aromatic nitrogens is 1. The molecule has 1 aromatic carbocycles. The third kappa shape index (κ3) is 3.85. The number of carbonyl (C=O) groups is 2. The number of pyridine rings is 1. The zero-order chi connectivity index (χ0) is 18.6. The predicted molar refractivity (Wildman–Crippen MR) is 97.1 cm³/mol. The molecule has 0 spiro atoms. The Kier molecular flexibility index (Phi) is 5.21. The molecule has 1 aliphatic rings. The van der Waals surface area contributed by atoms with Crippen LogP contribution >= 0.6 is 0 Å². The summed E-state index contributed by atoms with van der Waals surface area (Å²) in [6, 6.07) is 10.7. The maximum Gasteiger partial charge on any atom is 0.305 e. The number of hydrogen-bond donors (Lipinski definition) is 2. The Morgan fingerprint density at radius 2 is 2.00 bits per heavy atom. The molecule has 0 atom stereocenters. The summed E-state index contributed by atoms with van der Waals surface area (Å²) in [5.74, 6) is -0.537. The summed E-state index contributed by atoms with van der Waals surface area (Å²) in [7, 11) is 1.57. The smallest absolute Gasteiger partial charge is 0.305 e. The maximum absolute atomic E-state index is 12.8. The molecule has 26 heavy (non-hydrogen) atoms. The highest BCUT2D eigenvalue weighted by Gasteiger charge is 2.37. The highest BCUT2D eigenvalue weighted by Crippen LogP contribution is 2.34. The van der Waals surface area contributed by atoms with Crippen molar-refractivity contribution in [2.75, 3.05) is 7.11 Å². The SMILES string of the molecule is COc1ccc(C(=O)NC2(CC(=O)O)CCCC2)cc1-c1ccccn1. The molecule has 6 nitrogen and oxygen atoms in total. The minimum Gasteiger partial charge on any atom is -0.496 e. The molecule has 1 aliphatic carbocycles. The fourth-order valence-corrected chi connectivity index (χ4v) is 3.57. The molecule has 1 heterocycles. The second-order valence-electron chi connectivity index (χ2n) is 6.64. The standard InChI is InChI=1S/C20H22N2O4/c1-26-17-8-7-14(12-15(17)16-6-2-5-11-21-16)19(25)22-20(13-18(23)24)9-3-4-10-20/h2,5-8,11-12H,3-4,9-10,13H2,1H3,(H,22,25)(H,23,24). The molecule has 3 rings (SSSR count). The van der Waals surface area contributed by atoms with Gasteiger partial charge in [-0.1, -0.05) is 18.9 Å². The Morgan fingerprint density at radius 3 is 2.62 bits per heavy atom. The van der Waals surface area contributed by atoms with E-state index >= 15 is 0 Å². The second-order valence-corrected chi connectivity index (χ2v) is 6.64. The first-order valence-corrected chi connectivity index (χ1v) is 8.67. The topological polar surface area (TPSA) is 88.5 Å². The molecule has 1 amide bonds. The number of aliphatic carboxylic acids is 1. The summed E-state index contributed by atoms with van der Waals surface area (Å²) in [6.45, 7) is 0. The number of nitrogens with one attached hydrogen (secondary N) is 1. The summed E-state index contributed by atoms with van der Waals surface area (Å²) < 4.78 is 5.39. The Balaban J connectivity index is 1.89. The van der Waals surface area contributed by atoms with Gasteiger partial charge in [-0.25, -0.2) is 0 Å². The van der Waals surface area contributed by atoms with E-state index < -0.39 is 11.5 Å². The van der Waals surface area contributed by atoms with Crippen LogP contribution in [0, 0.1) is 0 Å². The van der Waals surface area contributed by atoms with Crippen molar-refractivity contribution in [1.29, 1.82) is 0 Å². The Morgan fingerprint density at radius 1 is 1.23 bits per heavy atom. The van der Waals surface area contributed by atoms with Gasteiger partial charge in [0.2, 0.25) is 0 Å². The van der Waals surface area contributed by atoms with Gasteiger partial charge in [0.05, 0.1) is 24.8 Å². The van der Waals surface area contributed by atoms with Crippen molar-refractivity contribution in [3.05, 3.63) is 48.2 Å². The lowest BCUT2D eigenvalue weighted by molar-refractivity contribution is -0.138. The zero-order valence-corrected chi connectivity index (χ0v) is 14.7. The number of carbonyl (C=O) groups excluding carboxylic acids is 1.